The Bertz CT molecular complexity index is 287. The van der Waals surface area contributed by atoms with Crippen LogP contribution in [0.3, 0.4) is 0 Å². The van der Waals surface area contributed by atoms with Gasteiger partial charge in [-0.25, -0.2) is 0 Å². The van der Waals surface area contributed by atoms with Crippen molar-refractivity contribution in [3.8, 4) is 0 Å². The predicted octanol–water partition coefficient (Wildman–Crippen LogP) is 1.75. The Balaban J connectivity index is 1.94. The van der Waals surface area contributed by atoms with E-state index in [1.807, 2.05) is 0 Å². The van der Waals surface area contributed by atoms with Crippen LogP contribution in [0.15, 0.2) is 36.5 Å². The molecule has 4 atom stereocenters. The number of rotatable bonds is 0. The number of nitrogens with one attached hydrogen (secondary N) is 1. The van der Waals surface area contributed by atoms with Gasteiger partial charge in [0.2, 0.25) is 0 Å². The van der Waals surface area contributed by atoms with Gasteiger partial charge in [0, 0.05) is 12.5 Å². The van der Waals surface area contributed by atoms with E-state index in [0.29, 0.717) is 5.92 Å². The van der Waals surface area contributed by atoms with Gasteiger partial charge < -0.3 is 5.32 Å². The second-order valence-electron chi connectivity index (χ2n) is 4.30. The molecule has 1 nitrogen and oxygen atoms in total. The smallest absolute Gasteiger partial charge is 0.00177 e. The molecule has 1 fully saturated rings. The molecule has 13 heavy (non-hydrogen) atoms. The van der Waals surface area contributed by atoms with E-state index in [2.05, 4.69) is 41.8 Å². The molecule has 0 aromatic carbocycles. The first kappa shape index (κ1) is 7.57. The minimum atomic E-state index is 0.672. The molecule has 0 amide bonds. The third-order valence-corrected chi connectivity index (χ3v) is 3.61. The predicted molar refractivity (Wildman–Crippen MR) is 54.2 cm³/mol. The molecule has 0 saturated carbocycles. The van der Waals surface area contributed by atoms with Crippen molar-refractivity contribution in [3.05, 3.63) is 36.5 Å². The van der Waals surface area contributed by atoms with Crippen LogP contribution in [0.5, 0.6) is 0 Å². The first-order valence-corrected chi connectivity index (χ1v) is 5.19. The summed E-state index contributed by atoms with van der Waals surface area (Å²) in [7, 11) is 0. The van der Waals surface area contributed by atoms with Crippen molar-refractivity contribution in [2.45, 2.75) is 0 Å². The summed E-state index contributed by atoms with van der Waals surface area (Å²) in [5, 5.41) is 3.49. The van der Waals surface area contributed by atoms with E-state index in [0.717, 1.165) is 17.8 Å². The number of hydrogen-bond acceptors (Lipinski definition) is 1. The zero-order chi connectivity index (χ0) is 8.67. The van der Waals surface area contributed by atoms with E-state index >= 15 is 0 Å². The van der Waals surface area contributed by atoms with Gasteiger partial charge in [0.1, 0.15) is 0 Å². The lowest BCUT2D eigenvalue weighted by Crippen LogP contribution is -2.29. The van der Waals surface area contributed by atoms with Crippen molar-refractivity contribution < 1.29 is 0 Å². The third kappa shape index (κ3) is 1.11. The highest BCUT2D eigenvalue weighted by atomic mass is 14.9. The maximum absolute atomic E-state index is 3.49. The molecule has 1 heterocycles. The fraction of sp³-hybridized carbons (Fsp3) is 0.500. The molecule has 3 aliphatic rings. The van der Waals surface area contributed by atoms with E-state index < -0.39 is 0 Å². The standard InChI is InChI=1S/C12H15N/c1-2-4-11-9(3-1)5-6-10-7-13-8-12(10)11/h1-6,9-13H,7-8H2. The fourth-order valence-corrected chi connectivity index (χ4v) is 2.88. The SMILES string of the molecule is C1=CC2C=CC3CNCC3C2C=C1. The van der Waals surface area contributed by atoms with Crippen molar-refractivity contribution in [3.63, 3.8) is 0 Å². The Morgan fingerprint density at radius 2 is 1.85 bits per heavy atom. The minimum absolute atomic E-state index is 0.672. The average Bonchev–Trinajstić information content (AvgIpc) is 2.65. The molecule has 0 bridgehead atoms. The lowest BCUT2D eigenvalue weighted by atomic mass is 9.70. The molecule has 4 unspecified atom stereocenters. The van der Waals surface area contributed by atoms with Crippen LogP contribution < -0.4 is 5.32 Å². The number of hydrogen-bond donors (Lipinski definition) is 1. The van der Waals surface area contributed by atoms with E-state index in [-0.39, 0.29) is 0 Å². The first-order chi connectivity index (χ1) is 6.45. The number of allylic oxidation sites excluding steroid dienone is 5. The average molecular weight is 173 g/mol. The van der Waals surface area contributed by atoms with Crippen LogP contribution in [0.2, 0.25) is 0 Å². The van der Waals surface area contributed by atoms with Crippen LogP contribution in [0, 0.1) is 23.7 Å². The quantitative estimate of drug-likeness (QED) is 0.550. The molecule has 0 radical (unpaired) electrons. The van der Waals surface area contributed by atoms with E-state index in [9.17, 15) is 0 Å². The third-order valence-electron chi connectivity index (χ3n) is 3.61. The topological polar surface area (TPSA) is 12.0 Å². The summed E-state index contributed by atoms with van der Waals surface area (Å²) in [4.78, 5) is 0. The van der Waals surface area contributed by atoms with Crippen molar-refractivity contribution in [2.24, 2.45) is 23.7 Å². The second-order valence-corrected chi connectivity index (χ2v) is 4.30. The van der Waals surface area contributed by atoms with Gasteiger partial charge in [0.05, 0.1) is 0 Å². The van der Waals surface area contributed by atoms with Gasteiger partial charge in [0.15, 0.2) is 0 Å². The largest absolute Gasteiger partial charge is 0.316 e. The Morgan fingerprint density at radius 3 is 2.85 bits per heavy atom. The lowest BCUT2D eigenvalue weighted by Gasteiger charge is -2.33. The van der Waals surface area contributed by atoms with Crippen LogP contribution in [0.1, 0.15) is 0 Å². The number of fused-ring (bicyclic) bond motifs is 3. The summed E-state index contributed by atoms with van der Waals surface area (Å²) in [6.45, 7) is 2.39. The van der Waals surface area contributed by atoms with Crippen molar-refractivity contribution >= 4 is 0 Å². The summed E-state index contributed by atoms with van der Waals surface area (Å²) in [6, 6.07) is 0. The van der Waals surface area contributed by atoms with Crippen molar-refractivity contribution in [1.82, 2.24) is 5.32 Å². The van der Waals surface area contributed by atoms with Crippen LogP contribution in [0.25, 0.3) is 0 Å². The maximum Gasteiger partial charge on any atom is 0.00177 e. The highest BCUT2D eigenvalue weighted by Crippen LogP contribution is 2.39. The summed E-state index contributed by atoms with van der Waals surface area (Å²) < 4.78 is 0. The highest BCUT2D eigenvalue weighted by Gasteiger charge is 2.36. The molecule has 68 valence electrons. The van der Waals surface area contributed by atoms with Gasteiger partial charge in [0.25, 0.3) is 0 Å². The minimum Gasteiger partial charge on any atom is -0.316 e. The monoisotopic (exact) mass is 173 g/mol. The molecule has 1 heteroatoms. The van der Waals surface area contributed by atoms with Gasteiger partial charge in [-0.2, -0.15) is 0 Å². The Kier molecular flexibility index (Phi) is 1.66. The summed E-state index contributed by atoms with van der Waals surface area (Å²) in [6.07, 6.45) is 13.9. The van der Waals surface area contributed by atoms with Gasteiger partial charge in [-0.1, -0.05) is 36.5 Å². The molecule has 0 spiro atoms. The van der Waals surface area contributed by atoms with Crippen LogP contribution in [0.4, 0.5) is 0 Å². The molecule has 3 rings (SSSR count). The summed E-state index contributed by atoms with van der Waals surface area (Å²) in [5.41, 5.74) is 0. The summed E-state index contributed by atoms with van der Waals surface area (Å²) >= 11 is 0. The molecule has 0 aromatic heterocycles. The zero-order valence-corrected chi connectivity index (χ0v) is 7.69. The van der Waals surface area contributed by atoms with Crippen LogP contribution in [-0.2, 0) is 0 Å². The van der Waals surface area contributed by atoms with E-state index in [1.165, 1.54) is 13.1 Å². The lowest BCUT2D eigenvalue weighted by molar-refractivity contribution is 0.312. The highest BCUT2D eigenvalue weighted by molar-refractivity contribution is 5.24. The van der Waals surface area contributed by atoms with Gasteiger partial charge in [-0.15, -0.1) is 0 Å². The molecule has 1 saturated heterocycles. The molecule has 1 N–H and O–H groups in total. The van der Waals surface area contributed by atoms with E-state index in [4.69, 9.17) is 0 Å². The zero-order valence-electron chi connectivity index (χ0n) is 7.69. The Hall–Kier alpha value is -0.820. The van der Waals surface area contributed by atoms with Gasteiger partial charge in [-0.05, 0) is 24.3 Å². The summed E-state index contributed by atoms with van der Waals surface area (Å²) in [5.74, 6) is 3.06. The van der Waals surface area contributed by atoms with E-state index in [1.54, 1.807) is 0 Å². The molecular weight excluding hydrogens is 158 g/mol. The Morgan fingerprint density at radius 1 is 0.923 bits per heavy atom. The van der Waals surface area contributed by atoms with Crippen LogP contribution in [-0.4, -0.2) is 13.1 Å². The van der Waals surface area contributed by atoms with Crippen LogP contribution >= 0.6 is 0 Å². The second kappa shape index (κ2) is 2.85. The molecule has 0 aromatic rings. The molecule has 2 aliphatic carbocycles. The van der Waals surface area contributed by atoms with Crippen molar-refractivity contribution in [1.29, 1.82) is 0 Å². The van der Waals surface area contributed by atoms with Gasteiger partial charge >= 0.3 is 0 Å². The maximum atomic E-state index is 3.49. The van der Waals surface area contributed by atoms with Crippen molar-refractivity contribution in [2.75, 3.05) is 13.1 Å². The molecular formula is C12H15N. The van der Waals surface area contributed by atoms with Gasteiger partial charge in [-0.3, -0.25) is 0 Å². The normalized spacial score (nSPS) is 46.2. The Labute approximate surface area is 79.2 Å². The fourth-order valence-electron chi connectivity index (χ4n) is 2.88. The first-order valence-electron chi connectivity index (χ1n) is 5.19. The molecule has 1 aliphatic heterocycles.